The van der Waals surface area contributed by atoms with Crippen molar-refractivity contribution in [1.29, 1.82) is 0 Å². The molecular formula is C36H39FN6O6. The molecule has 4 aromatic rings. The molecule has 1 aliphatic carbocycles. The Labute approximate surface area is 283 Å². The van der Waals surface area contributed by atoms with Gasteiger partial charge in [-0.2, -0.15) is 0 Å². The van der Waals surface area contributed by atoms with Crippen molar-refractivity contribution in [1.82, 2.24) is 25.5 Å². The highest BCUT2D eigenvalue weighted by atomic mass is 19.1. The number of hydrogen-bond donors (Lipinski definition) is 3. The minimum absolute atomic E-state index is 0.0115. The number of nitrogens with zero attached hydrogens (tertiary/aromatic N) is 3. The molecule has 6 rings (SSSR count). The molecule has 3 N–H and O–H groups in total. The summed E-state index contributed by atoms with van der Waals surface area (Å²) >= 11 is 0. The lowest BCUT2D eigenvalue weighted by atomic mass is 9.98. The SMILES string of the molecule is CNC(=O)CN1CCC(COc2cc3nccc(Oc4ccc(NC(=O)C5(C(=O)NCc6ccccn6)CC5)cc4F)c3cc2OC)CC1. The fourth-order valence-electron chi connectivity index (χ4n) is 5.85. The molecule has 3 heterocycles. The van der Waals surface area contributed by atoms with Crippen molar-refractivity contribution in [3.05, 3.63) is 78.5 Å². The van der Waals surface area contributed by atoms with Crippen LogP contribution < -0.4 is 30.2 Å². The number of carbonyl (C=O) groups excluding carboxylic acids is 3. The number of fused-ring (bicyclic) bond motifs is 1. The second-order valence-electron chi connectivity index (χ2n) is 12.3. The minimum atomic E-state index is -1.19. The van der Waals surface area contributed by atoms with Crippen LogP contribution >= 0.6 is 0 Å². The van der Waals surface area contributed by atoms with Crippen LogP contribution in [0.25, 0.3) is 10.9 Å². The van der Waals surface area contributed by atoms with E-state index >= 15 is 4.39 Å². The number of hydrogen-bond acceptors (Lipinski definition) is 9. The number of aromatic nitrogens is 2. The number of carbonyl (C=O) groups is 3. The Morgan fingerprint density at radius 1 is 0.939 bits per heavy atom. The number of halogens is 1. The van der Waals surface area contributed by atoms with Gasteiger partial charge in [0.15, 0.2) is 23.1 Å². The maximum absolute atomic E-state index is 15.3. The second kappa shape index (κ2) is 14.9. The van der Waals surface area contributed by atoms with Gasteiger partial charge >= 0.3 is 0 Å². The van der Waals surface area contributed by atoms with Crippen LogP contribution in [0.2, 0.25) is 0 Å². The van der Waals surface area contributed by atoms with E-state index in [2.05, 4.69) is 30.8 Å². The molecule has 1 saturated heterocycles. The molecule has 2 aromatic heterocycles. The molecule has 0 unspecified atom stereocenters. The Bertz CT molecular complexity index is 1830. The average molecular weight is 671 g/mol. The lowest BCUT2D eigenvalue weighted by Crippen LogP contribution is -2.41. The van der Waals surface area contributed by atoms with E-state index in [1.807, 2.05) is 6.07 Å². The largest absolute Gasteiger partial charge is 0.493 e. The number of anilines is 1. The molecule has 0 atom stereocenters. The van der Waals surface area contributed by atoms with Crippen LogP contribution in [0.1, 0.15) is 31.4 Å². The number of benzene rings is 2. The van der Waals surface area contributed by atoms with E-state index in [1.165, 1.54) is 12.1 Å². The van der Waals surface area contributed by atoms with Crippen LogP contribution in [0.4, 0.5) is 10.1 Å². The number of nitrogens with one attached hydrogen (secondary N) is 3. The Balaban J connectivity index is 1.08. The predicted molar refractivity (Wildman–Crippen MR) is 180 cm³/mol. The minimum Gasteiger partial charge on any atom is -0.493 e. The number of rotatable bonds is 13. The van der Waals surface area contributed by atoms with Crippen LogP contribution in [-0.4, -0.2) is 73.0 Å². The lowest BCUT2D eigenvalue weighted by Gasteiger charge is -2.31. The van der Waals surface area contributed by atoms with E-state index in [-0.39, 0.29) is 29.8 Å². The molecule has 13 heteroatoms. The van der Waals surface area contributed by atoms with Gasteiger partial charge in [-0.25, -0.2) is 4.39 Å². The summed E-state index contributed by atoms with van der Waals surface area (Å²) in [7, 11) is 3.19. The van der Waals surface area contributed by atoms with E-state index < -0.39 is 17.1 Å². The summed E-state index contributed by atoms with van der Waals surface area (Å²) in [6.45, 7) is 2.76. The number of ether oxygens (including phenoxy) is 3. The monoisotopic (exact) mass is 670 g/mol. The smallest absolute Gasteiger partial charge is 0.240 e. The molecular weight excluding hydrogens is 631 g/mol. The van der Waals surface area contributed by atoms with Crippen molar-refractivity contribution in [3.63, 3.8) is 0 Å². The standard InChI is InChI=1S/C36H39FN6O6/c1-38-33(44)21-43-15-9-23(10-16-43)22-48-32-19-28-26(18-31(32)47-2)29(8-14-40-28)49-30-7-6-24(17-27(30)37)42-35(46)36(11-12-36)34(45)41-20-25-5-3-4-13-39-25/h3-8,13-14,17-19,23H,9-12,15-16,20-22H2,1-2H3,(H,38,44)(H,41,45)(H,42,46). The fourth-order valence-corrected chi connectivity index (χ4v) is 5.85. The summed E-state index contributed by atoms with van der Waals surface area (Å²) < 4.78 is 33.1. The van der Waals surface area contributed by atoms with Crippen molar-refractivity contribution in [2.75, 3.05) is 45.7 Å². The first-order chi connectivity index (χ1) is 23.8. The summed E-state index contributed by atoms with van der Waals surface area (Å²) in [5, 5.41) is 8.72. The summed E-state index contributed by atoms with van der Waals surface area (Å²) in [6, 6.07) is 14.7. The predicted octanol–water partition coefficient (Wildman–Crippen LogP) is 4.44. The van der Waals surface area contributed by atoms with Gasteiger partial charge < -0.3 is 30.2 Å². The summed E-state index contributed by atoms with van der Waals surface area (Å²) in [4.78, 5) is 48.4. The van der Waals surface area contributed by atoms with Crippen molar-refractivity contribution in [3.8, 4) is 23.0 Å². The number of methoxy groups -OCH3 is 1. The zero-order valence-electron chi connectivity index (χ0n) is 27.5. The molecule has 0 spiro atoms. The van der Waals surface area contributed by atoms with Gasteiger partial charge in [0.1, 0.15) is 11.2 Å². The highest BCUT2D eigenvalue weighted by Gasteiger charge is 2.56. The molecule has 3 amide bonds. The Morgan fingerprint density at radius 2 is 1.76 bits per heavy atom. The molecule has 0 radical (unpaired) electrons. The molecule has 0 bridgehead atoms. The van der Waals surface area contributed by atoms with Crippen LogP contribution in [0.15, 0.2) is 67.0 Å². The van der Waals surface area contributed by atoms with E-state index in [1.54, 1.807) is 56.9 Å². The molecule has 2 fully saturated rings. The lowest BCUT2D eigenvalue weighted by molar-refractivity contribution is -0.134. The van der Waals surface area contributed by atoms with Gasteiger partial charge in [0.05, 0.1) is 38.0 Å². The third-order valence-electron chi connectivity index (χ3n) is 9.00. The number of likely N-dealkylation sites (tertiary alicyclic amines) is 1. The maximum atomic E-state index is 15.3. The second-order valence-corrected chi connectivity index (χ2v) is 12.3. The van der Waals surface area contributed by atoms with Crippen LogP contribution in [0, 0.1) is 17.2 Å². The Morgan fingerprint density at radius 3 is 2.45 bits per heavy atom. The zero-order chi connectivity index (χ0) is 34.4. The maximum Gasteiger partial charge on any atom is 0.240 e. The van der Waals surface area contributed by atoms with Gasteiger partial charge in [-0.15, -0.1) is 0 Å². The van der Waals surface area contributed by atoms with Gasteiger partial charge in [-0.3, -0.25) is 29.3 Å². The van der Waals surface area contributed by atoms with Gasteiger partial charge in [0.25, 0.3) is 0 Å². The van der Waals surface area contributed by atoms with Gasteiger partial charge in [0.2, 0.25) is 17.7 Å². The third-order valence-corrected chi connectivity index (χ3v) is 9.00. The first-order valence-electron chi connectivity index (χ1n) is 16.3. The van der Waals surface area contributed by atoms with E-state index in [9.17, 15) is 14.4 Å². The number of amides is 3. The van der Waals surface area contributed by atoms with Crippen molar-refractivity contribution < 1.29 is 33.0 Å². The number of pyridine rings is 2. The quantitative estimate of drug-likeness (QED) is 0.176. The first kappa shape index (κ1) is 33.6. The summed E-state index contributed by atoms with van der Waals surface area (Å²) in [6.07, 6.45) is 5.84. The summed E-state index contributed by atoms with van der Waals surface area (Å²) in [5.74, 6) is 0.107. The molecule has 1 aliphatic heterocycles. The van der Waals surface area contributed by atoms with E-state index in [4.69, 9.17) is 14.2 Å². The van der Waals surface area contributed by atoms with Gasteiger partial charge in [-0.05, 0) is 81.1 Å². The molecule has 1 saturated carbocycles. The highest BCUT2D eigenvalue weighted by Crippen LogP contribution is 2.47. The van der Waals surface area contributed by atoms with Crippen LogP contribution in [-0.2, 0) is 20.9 Å². The fraction of sp³-hybridized carbons (Fsp3) is 0.361. The van der Waals surface area contributed by atoms with Crippen LogP contribution in [0.3, 0.4) is 0 Å². The van der Waals surface area contributed by atoms with Gasteiger partial charge in [-0.1, -0.05) is 6.07 Å². The van der Waals surface area contributed by atoms with E-state index in [0.29, 0.717) is 65.8 Å². The topological polar surface area (TPSA) is 144 Å². The van der Waals surface area contributed by atoms with E-state index in [0.717, 1.165) is 32.0 Å². The molecule has 256 valence electrons. The van der Waals surface area contributed by atoms with Crippen molar-refractivity contribution >= 4 is 34.3 Å². The highest BCUT2D eigenvalue weighted by molar-refractivity contribution is 6.13. The Hall–Kier alpha value is -5.30. The molecule has 49 heavy (non-hydrogen) atoms. The molecule has 12 nitrogen and oxygen atoms in total. The van der Waals surface area contributed by atoms with Gasteiger partial charge in [0, 0.05) is 42.6 Å². The normalized spacial score (nSPS) is 15.7. The zero-order valence-corrected chi connectivity index (χ0v) is 27.5. The average Bonchev–Trinajstić information content (AvgIpc) is 3.94. The summed E-state index contributed by atoms with van der Waals surface area (Å²) in [5.41, 5.74) is 0.277. The number of likely N-dealkylation sites (N-methyl/N-ethyl adjacent to an activating group) is 1. The van der Waals surface area contributed by atoms with Crippen molar-refractivity contribution in [2.45, 2.75) is 32.2 Å². The first-order valence-corrected chi connectivity index (χ1v) is 16.3. The molecule has 2 aliphatic rings. The van der Waals surface area contributed by atoms with Crippen LogP contribution in [0.5, 0.6) is 23.0 Å². The molecule has 2 aromatic carbocycles. The third kappa shape index (κ3) is 7.89. The number of piperidine rings is 1. The van der Waals surface area contributed by atoms with Crippen molar-refractivity contribution in [2.24, 2.45) is 11.3 Å². The Kier molecular flexibility index (Phi) is 10.2.